The average molecular weight is 295 g/mol. The summed E-state index contributed by atoms with van der Waals surface area (Å²) in [4.78, 5) is 14.8. The number of nitrogens with zero attached hydrogens (tertiary/aromatic N) is 1. The standard InChI is InChI=1S/C9H9BrF2N2O2/c1-16-9(15)5-3-14-7(8(11)12)4(2-13)6(5)10/h3,8H,2,13H2,1H3. The molecule has 0 saturated carbocycles. The van der Waals surface area contributed by atoms with Gasteiger partial charge in [0.25, 0.3) is 6.43 Å². The molecule has 0 bridgehead atoms. The Morgan fingerprint density at radius 1 is 1.69 bits per heavy atom. The third-order valence-electron chi connectivity index (χ3n) is 1.96. The minimum Gasteiger partial charge on any atom is -0.465 e. The second-order valence-corrected chi connectivity index (χ2v) is 3.64. The van der Waals surface area contributed by atoms with Gasteiger partial charge in [0.15, 0.2) is 0 Å². The van der Waals surface area contributed by atoms with E-state index in [0.29, 0.717) is 0 Å². The second-order valence-electron chi connectivity index (χ2n) is 2.85. The molecule has 1 heterocycles. The lowest BCUT2D eigenvalue weighted by Crippen LogP contribution is -2.11. The number of halogens is 3. The van der Waals surface area contributed by atoms with Crippen LogP contribution < -0.4 is 5.73 Å². The van der Waals surface area contributed by atoms with E-state index in [0.717, 1.165) is 6.20 Å². The molecule has 16 heavy (non-hydrogen) atoms. The normalized spacial score (nSPS) is 10.6. The third kappa shape index (κ3) is 2.35. The molecule has 0 unspecified atom stereocenters. The van der Waals surface area contributed by atoms with Crippen molar-refractivity contribution in [1.29, 1.82) is 0 Å². The molecular weight excluding hydrogens is 286 g/mol. The Kier molecular flexibility index (Phi) is 4.31. The molecule has 1 rings (SSSR count). The molecule has 0 aliphatic heterocycles. The van der Waals surface area contributed by atoms with Crippen molar-refractivity contribution >= 4 is 21.9 Å². The molecule has 1 aromatic rings. The highest BCUT2D eigenvalue weighted by atomic mass is 79.9. The van der Waals surface area contributed by atoms with Crippen LogP contribution in [0.25, 0.3) is 0 Å². The van der Waals surface area contributed by atoms with Gasteiger partial charge in [-0.25, -0.2) is 13.6 Å². The summed E-state index contributed by atoms with van der Waals surface area (Å²) in [5.41, 5.74) is 5.10. The van der Waals surface area contributed by atoms with Gasteiger partial charge in [-0.1, -0.05) is 0 Å². The van der Waals surface area contributed by atoms with Gasteiger partial charge in [0.2, 0.25) is 0 Å². The fourth-order valence-electron chi connectivity index (χ4n) is 1.18. The lowest BCUT2D eigenvalue weighted by Gasteiger charge is -2.11. The lowest BCUT2D eigenvalue weighted by molar-refractivity contribution is 0.0598. The number of aromatic nitrogens is 1. The first-order chi connectivity index (χ1) is 7.52. The predicted molar refractivity (Wildman–Crippen MR) is 56.1 cm³/mol. The molecule has 1 aromatic heterocycles. The highest BCUT2D eigenvalue weighted by Gasteiger charge is 2.21. The van der Waals surface area contributed by atoms with Gasteiger partial charge >= 0.3 is 5.97 Å². The van der Waals surface area contributed by atoms with E-state index >= 15 is 0 Å². The molecule has 0 atom stereocenters. The molecule has 7 heteroatoms. The van der Waals surface area contributed by atoms with Crippen molar-refractivity contribution in [3.8, 4) is 0 Å². The first-order valence-electron chi connectivity index (χ1n) is 4.26. The number of hydrogen-bond donors (Lipinski definition) is 1. The van der Waals surface area contributed by atoms with Crippen LogP contribution in [0.2, 0.25) is 0 Å². The van der Waals surface area contributed by atoms with Crippen molar-refractivity contribution in [1.82, 2.24) is 4.98 Å². The van der Waals surface area contributed by atoms with Crippen LogP contribution in [0.4, 0.5) is 8.78 Å². The molecule has 0 amide bonds. The smallest absolute Gasteiger partial charge is 0.340 e. The van der Waals surface area contributed by atoms with Crippen molar-refractivity contribution in [2.45, 2.75) is 13.0 Å². The van der Waals surface area contributed by atoms with Gasteiger partial charge in [0.1, 0.15) is 5.69 Å². The first-order valence-corrected chi connectivity index (χ1v) is 5.06. The molecule has 4 nitrogen and oxygen atoms in total. The number of esters is 1. The Balaban J connectivity index is 3.34. The number of alkyl halides is 2. The number of nitrogens with two attached hydrogens (primary N) is 1. The zero-order valence-electron chi connectivity index (χ0n) is 8.34. The maximum atomic E-state index is 12.6. The van der Waals surface area contributed by atoms with Gasteiger partial charge in [-0.3, -0.25) is 4.98 Å². The van der Waals surface area contributed by atoms with Gasteiger partial charge in [-0.05, 0) is 15.9 Å². The Bertz CT molecular complexity index is 413. The van der Waals surface area contributed by atoms with Gasteiger partial charge in [-0.2, -0.15) is 0 Å². The Morgan fingerprint density at radius 3 is 2.75 bits per heavy atom. The number of pyridine rings is 1. The van der Waals surface area contributed by atoms with Gasteiger partial charge in [0.05, 0.1) is 12.7 Å². The van der Waals surface area contributed by atoms with Gasteiger partial charge < -0.3 is 10.5 Å². The minimum absolute atomic E-state index is 0.0763. The Morgan fingerprint density at radius 2 is 2.31 bits per heavy atom. The van der Waals surface area contributed by atoms with Crippen molar-refractivity contribution in [3.05, 3.63) is 27.5 Å². The quantitative estimate of drug-likeness (QED) is 0.866. The van der Waals surface area contributed by atoms with E-state index in [4.69, 9.17) is 5.73 Å². The predicted octanol–water partition coefficient (Wildman–Crippen LogP) is 2.03. The van der Waals surface area contributed by atoms with Crippen molar-refractivity contribution in [3.63, 3.8) is 0 Å². The molecule has 0 radical (unpaired) electrons. The number of hydrogen-bond acceptors (Lipinski definition) is 4. The van der Waals surface area contributed by atoms with Crippen molar-refractivity contribution < 1.29 is 18.3 Å². The highest BCUT2D eigenvalue weighted by molar-refractivity contribution is 9.10. The van der Waals surface area contributed by atoms with Gasteiger partial charge in [-0.15, -0.1) is 0 Å². The zero-order chi connectivity index (χ0) is 12.3. The number of carbonyl (C=O) groups excluding carboxylic acids is 1. The largest absolute Gasteiger partial charge is 0.465 e. The van der Waals surface area contributed by atoms with Crippen LogP contribution in [-0.2, 0) is 11.3 Å². The Labute approximate surface area is 98.9 Å². The van der Waals surface area contributed by atoms with Crippen LogP contribution in [0.5, 0.6) is 0 Å². The van der Waals surface area contributed by atoms with Crippen LogP contribution in [0.3, 0.4) is 0 Å². The molecule has 0 aromatic carbocycles. The molecule has 0 aliphatic carbocycles. The molecule has 2 N–H and O–H groups in total. The van der Waals surface area contributed by atoms with E-state index in [1.54, 1.807) is 0 Å². The molecule has 0 spiro atoms. The number of methoxy groups -OCH3 is 1. The summed E-state index contributed by atoms with van der Waals surface area (Å²) in [6.07, 6.45) is -1.70. The molecule has 88 valence electrons. The maximum absolute atomic E-state index is 12.6. The summed E-state index contributed by atoms with van der Waals surface area (Å²) in [6, 6.07) is 0. The summed E-state index contributed by atoms with van der Waals surface area (Å²) in [5, 5.41) is 0. The van der Waals surface area contributed by atoms with Crippen molar-refractivity contribution in [2.24, 2.45) is 5.73 Å². The summed E-state index contributed by atoms with van der Waals surface area (Å²) < 4.78 is 29.8. The lowest BCUT2D eigenvalue weighted by atomic mass is 10.1. The average Bonchev–Trinajstić information content (AvgIpc) is 2.27. The van der Waals surface area contributed by atoms with E-state index in [1.807, 2.05) is 0 Å². The molecular formula is C9H9BrF2N2O2. The second kappa shape index (κ2) is 5.31. The zero-order valence-corrected chi connectivity index (χ0v) is 9.92. The molecule has 0 aliphatic rings. The summed E-state index contributed by atoms with van der Waals surface area (Å²) >= 11 is 3.05. The van der Waals surface area contributed by atoms with Crippen LogP contribution >= 0.6 is 15.9 Å². The Hall–Kier alpha value is -1.08. The first kappa shape index (κ1) is 13.0. The summed E-state index contributed by atoms with van der Waals surface area (Å²) in [7, 11) is 1.19. The number of carbonyl (C=O) groups is 1. The SMILES string of the molecule is COC(=O)c1cnc(C(F)F)c(CN)c1Br. The van der Waals surface area contributed by atoms with Crippen LogP contribution in [-0.4, -0.2) is 18.1 Å². The number of ether oxygens (including phenoxy) is 1. The highest BCUT2D eigenvalue weighted by Crippen LogP contribution is 2.29. The fraction of sp³-hybridized carbons (Fsp3) is 0.333. The summed E-state index contributed by atoms with van der Waals surface area (Å²) in [5.74, 6) is -0.658. The van der Waals surface area contributed by atoms with E-state index in [1.165, 1.54) is 7.11 Å². The number of rotatable bonds is 3. The van der Waals surface area contributed by atoms with Crippen LogP contribution in [0, 0.1) is 0 Å². The van der Waals surface area contributed by atoms with Crippen molar-refractivity contribution in [2.75, 3.05) is 7.11 Å². The van der Waals surface area contributed by atoms with Crippen LogP contribution in [0.15, 0.2) is 10.7 Å². The van der Waals surface area contributed by atoms with E-state index in [-0.39, 0.29) is 22.1 Å². The maximum Gasteiger partial charge on any atom is 0.340 e. The van der Waals surface area contributed by atoms with E-state index in [2.05, 4.69) is 25.7 Å². The van der Waals surface area contributed by atoms with Crippen LogP contribution in [0.1, 0.15) is 28.0 Å². The van der Waals surface area contributed by atoms with E-state index < -0.39 is 18.1 Å². The topological polar surface area (TPSA) is 65.2 Å². The van der Waals surface area contributed by atoms with E-state index in [9.17, 15) is 13.6 Å². The minimum atomic E-state index is -2.73. The molecule has 0 fully saturated rings. The molecule has 0 saturated heterocycles. The van der Waals surface area contributed by atoms with Gasteiger partial charge in [0, 0.05) is 22.8 Å². The summed E-state index contributed by atoms with van der Waals surface area (Å²) in [6.45, 7) is -0.141. The third-order valence-corrected chi connectivity index (χ3v) is 2.87. The fourth-order valence-corrected chi connectivity index (χ4v) is 1.81. The monoisotopic (exact) mass is 294 g/mol.